The second-order valence-corrected chi connectivity index (χ2v) is 7.08. The summed E-state index contributed by atoms with van der Waals surface area (Å²) in [6, 6.07) is 10.4. The predicted molar refractivity (Wildman–Crippen MR) is 94.8 cm³/mol. The monoisotopic (exact) mass is 322 g/mol. The van der Waals surface area contributed by atoms with Crippen LogP contribution in [0.4, 0.5) is 5.69 Å². The Morgan fingerprint density at radius 3 is 2.88 bits per heavy atom. The van der Waals surface area contributed by atoms with Crippen molar-refractivity contribution >= 4 is 17.7 Å². The highest BCUT2D eigenvalue weighted by Crippen LogP contribution is 2.53. The summed E-state index contributed by atoms with van der Waals surface area (Å²) in [6.45, 7) is 6.94. The largest absolute Gasteiger partial charge is 0.465 e. The van der Waals surface area contributed by atoms with E-state index in [1.165, 1.54) is 11.1 Å². The van der Waals surface area contributed by atoms with Crippen LogP contribution in [0.2, 0.25) is 0 Å². The van der Waals surface area contributed by atoms with Gasteiger partial charge in [-0.3, -0.25) is 4.79 Å². The van der Waals surface area contributed by atoms with Crippen LogP contribution in [-0.4, -0.2) is 18.1 Å². The van der Waals surface area contributed by atoms with Crippen molar-refractivity contribution in [3.63, 3.8) is 0 Å². The summed E-state index contributed by atoms with van der Waals surface area (Å²) in [5.74, 6) is 0.837. The van der Waals surface area contributed by atoms with Crippen molar-refractivity contribution in [3.8, 4) is 0 Å². The topological polar surface area (TPSA) is 45.5 Å². The molecule has 1 atom stereocenters. The van der Waals surface area contributed by atoms with E-state index < -0.39 is 5.66 Å². The minimum Gasteiger partial charge on any atom is -0.465 e. The molecule has 24 heavy (non-hydrogen) atoms. The zero-order valence-electron chi connectivity index (χ0n) is 14.3. The standard InChI is InChI=1S/C20H22N2O2/c1-4-14-7-8-17-16(12-14)19(2,3)20(21-18(23)13-22(17)20)10-9-15-6-5-11-24-15/h5-12H,4,13H2,1-3H3,(H,21,23)/t20-/m1/s1. The van der Waals surface area contributed by atoms with E-state index in [0.717, 1.165) is 17.9 Å². The molecule has 1 aromatic carbocycles. The van der Waals surface area contributed by atoms with Crippen LogP contribution in [0, 0.1) is 0 Å². The molecule has 0 unspecified atom stereocenters. The van der Waals surface area contributed by atoms with Crippen LogP contribution < -0.4 is 10.2 Å². The van der Waals surface area contributed by atoms with Gasteiger partial charge in [0.05, 0.1) is 12.8 Å². The zero-order chi connectivity index (χ0) is 16.9. The number of rotatable bonds is 3. The Morgan fingerprint density at radius 1 is 1.33 bits per heavy atom. The second-order valence-electron chi connectivity index (χ2n) is 7.08. The van der Waals surface area contributed by atoms with E-state index in [1.807, 2.05) is 18.2 Å². The number of furan rings is 1. The van der Waals surface area contributed by atoms with Gasteiger partial charge >= 0.3 is 0 Å². The fourth-order valence-electron chi connectivity index (χ4n) is 4.03. The van der Waals surface area contributed by atoms with Crippen molar-refractivity contribution in [2.24, 2.45) is 0 Å². The van der Waals surface area contributed by atoms with Crippen LogP contribution in [0.3, 0.4) is 0 Å². The van der Waals surface area contributed by atoms with Crippen LogP contribution in [0.5, 0.6) is 0 Å². The number of carbonyl (C=O) groups is 1. The van der Waals surface area contributed by atoms with Crippen molar-refractivity contribution in [2.75, 3.05) is 11.4 Å². The van der Waals surface area contributed by atoms with Gasteiger partial charge in [-0.25, -0.2) is 0 Å². The summed E-state index contributed by atoms with van der Waals surface area (Å²) >= 11 is 0. The lowest BCUT2D eigenvalue weighted by Crippen LogP contribution is -2.58. The number of carbonyl (C=O) groups excluding carboxylic acids is 1. The molecular formula is C20H22N2O2. The van der Waals surface area contributed by atoms with E-state index in [4.69, 9.17) is 4.42 Å². The van der Waals surface area contributed by atoms with Crippen LogP contribution in [-0.2, 0) is 16.6 Å². The SMILES string of the molecule is CCc1ccc2c(c1)C(C)(C)[C@]1(C=Cc3ccco3)NC(=O)CN21. The molecule has 0 bridgehead atoms. The van der Waals surface area contributed by atoms with Crippen LogP contribution in [0.15, 0.2) is 47.1 Å². The predicted octanol–water partition coefficient (Wildman–Crippen LogP) is 3.48. The summed E-state index contributed by atoms with van der Waals surface area (Å²) < 4.78 is 5.43. The molecule has 0 saturated carbocycles. The molecule has 1 amide bonds. The smallest absolute Gasteiger partial charge is 0.241 e. The number of aryl methyl sites for hydroxylation is 1. The minimum atomic E-state index is -0.564. The first-order valence-corrected chi connectivity index (χ1v) is 8.43. The summed E-state index contributed by atoms with van der Waals surface area (Å²) in [5.41, 5.74) is 2.93. The molecule has 2 aliphatic heterocycles. The highest BCUT2D eigenvalue weighted by molar-refractivity contribution is 5.91. The molecule has 1 aromatic heterocycles. The molecule has 1 N–H and O–H groups in total. The van der Waals surface area contributed by atoms with Gasteiger partial charge in [-0.2, -0.15) is 0 Å². The Kier molecular flexibility index (Phi) is 3.14. The average molecular weight is 322 g/mol. The van der Waals surface area contributed by atoms with Gasteiger partial charge < -0.3 is 14.6 Å². The lowest BCUT2D eigenvalue weighted by Gasteiger charge is -2.40. The Morgan fingerprint density at radius 2 is 2.17 bits per heavy atom. The van der Waals surface area contributed by atoms with Gasteiger partial charge in [0.2, 0.25) is 5.91 Å². The number of nitrogens with one attached hydrogen (secondary N) is 1. The summed E-state index contributed by atoms with van der Waals surface area (Å²) in [5, 5.41) is 3.22. The fraction of sp³-hybridized carbons (Fsp3) is 0.350. The third kappa shape index (κ3) is 1.89. The Hall–Kier alpha value is -2.49. The highest BCUT2D eigenvalue weighted by Gasteiger charge is 2.59. The third-order valence-electron chi connectivity index (χ3n) is 5.48. The molecule has 1 saturated heterocycles. The first-order chi connectivity index (χ1) is 11.5. The molecular weight excluding hydrogens is 300 g/mol. The van der Waals surface area contributed by atoms with Gasteiger partial charge in [-0.15, -0.1) is 0 Å². The molecule has 124 valence electrons. The van der Waals surface area contributed by atoms with E-state index in [9.17, 15) is 4.79 Å². The molecule has 4 rings (SSSR count). The molecule has 3 heterocycles. The van der Waals surface area contributed by atoms with Gasteiger partial charge in [0.25, 0.3) is 0 Å². The number of hydrogen-bond acceptors (Lipinski definition) is 3. The van der Waals surface area contributed by atoms with E-state index >= 15 is 0 Å². The molecule has 0 spiro atoms. The lowest BCUT2D eigenvalue weighted by molar-refractivity contribution is -0.118. The first kappa shape index (κ1) is 15.1. The lowest BCUT2D eigenvalue weighted by atomic mass is 9.75. The zero-order valence-corrected chi connectivity index (χ0v) is 14.3. The van der Waals surface area contributed by atoms with Gasteiger partial charge in [0.1, 0.15) is 11.4 Å². The molecule has 0 aliphatic carbocycles. The number of amides is 1. The maximum atomic E-state index is 12.2. The number of hydrogen-bond donors (Lipinski definition) is 1. The first-order valence-electron chi connectivity index (χ1n) is 8.43. The third-order valence-corrected chi connectivity index (χ3v) is 5.48. The minimum absolute atomic E-state index is 0.0531. The maximum Gasteiger partial charge on any atom is 0.241 e. The van der Waals surface area contributed by atoms with Crippen molar-refractivity contribution in [1.82, 2.24) is 5.32 Å². The summed E-state index contributed by atoms with van der Waals surface area (Å²) in [7, 11) is 0. The van der Waals surface area contributed by atoms with Crippen molar-refractivity contribution in [2.45, 2.75) is 38.3 Å². The number of anilines is 1. The maximum absolute atomic E-state index is 12.2. The second kappa shape index (κ2) is 5.00. The number of nitrogens with zero attached hydrogens (tertiary/aromatic N) is 1. The highest BCUT2D eigenvalue weighted by atomic mass is 16.3. The number of benzene rings is 1. The average Bonchev–Trinajstić information content (AvgIpc) is 3.23. The molecule has 2 aromatic rings. The Balaban J connectivity index is 1.86. The van der Waals surface area contributed by atoms with Crippen molar-refractivity contribution in [1.29, 1.82) is 0 Å². The fourth-order valence-corrected chi connectivity index (χ4v) is 4.03. The van der Waals surface area contributed by atoms with E-state index in [-0.39, 0.29) is 11.3 Å². The Bertz CT molecular complexity index is 820. The number of fused-ring (bicyclic) bond motifs is 3. The van der Waals surface area contributed by atoms with Gasteiger partial charge in [0.15, 0.2) is 0 Å². The van der Waals surface area contributed by atoms with E-state index in [1.54, 1.807) is 6.26 Å². The van der Waals surface area contributed by atoms with E-state index in [0.29, 0.717) is 6.54 Å². The van der Waals surface area contributed by atoms with Crippen LogP contribution in [0.25, 0.3) is 6.08 Å². The van der Waals surface area contributed by atoms with Crippen molar-refractivity contribution < 1.29 is 9.21 Å². The molecule has 2 aliphatic rings. The molecule has 4 heteroatoms. The molecule has 4 nitrogen and oxygen atoms in total. The molecule has 1 fully saturated rings. The summed E-state index contributed by atoms with van der Waals surface area (Å²) in [4.78, 5) is 14.4. The van der Waals surface area contributed by atoms with Crippen LogP contribution in [0.1, 0.15) is 37.7 Å². The van der Waals surface area contributed by atoms with Gasteiger partial charge in [0, 0.05) is 11.1 Å². The van der Waals surface area contributed by atoms with Gasteiger partial charge in [-0.05, 0) is 47.9 Å². The van der Waals surface area contributed by atoms with E-state index in [2.05, 4.69) is 55.3 Å². The van der Waals surface area contributed by atoms with Crippen molar-refractivity contribution in [3.05, 3.63) is 59.6 Å². The van der Waals surface area contributed by atoms with Crippen LogP contribution >= 0.6 is 0 Å². The van der Waals surface area contributed by atoms with Gasteiger partial charge in [-0.1, -0.05) is 32.9 Å². The Labute approximate surface area is 142 Å². The summed E-state index contributed by atoms with van der Waals surface area (Å²) in [6.07, 6.45) is 6.69. The quantitative estimate of drug-likeness (QED) is 0.941. The molecule has 0 radical (unpaired) electrons. The normalized spacial score (nSPS) is 24.3.